The van der Waals surface area contributed by atoms with Gasteiger partial charge in [-0.1, -0.05) is 66.4 Å². The van der Waals surface area contributed by atoms with Crippen LogP contribution in [-0.2, 0) is 11.2 Å². The first kappa shape index (κ1) is 17.2. The smallest absolute Gasteiger partial charge is 0.273 e. The molecule has 6 heteroatoms. The van der Waals surface area contributed by atoms with Crippen LogP contribution in [-0.4, -0.2) is 11.9 Å². The summed E-state index contributed by atoms with van der Waals surface area (Å²) in [5.74, 6) is -0.275. The Labute approximate surface area is 161 Å². The molecule has 27 heavy (non-hydrogen) atoms. The maximum absolute atomic E-state index is 12.9. The van der Waals surface area contributed by atoms with E-state index in [1.54, 1.807) is 16.7 Å². The number of rotatable bonds is 2. The maximum Gasteiger partial charge on any atom is 0.345 e. The van der Waals surface area contributed by atoms with Gasteiger partial charge in [0, 0.05) is 9.79 Å². The molecule has 1 aliphatic rings. The number of carbonyl (C=O) groups is 2. The molecular formula is C21H17N3O2S. The maximum atomic E-state index is 12.9. The number of hydrazine groups is 1. The predicted molar refractivity (Wildman–Crippen MR) is 106 cm³/mol. The van der Waals surface area contributed by atoms with Crippen LogP contribution in [0.1, 0.15) is 5.56 Å². The number of carbonyl (C=O) groups excluding carboxylic acids is 2. The van der Waals surface area contributed by atoms with Crippen molar-refractivity contribution in [3.63, 3.8) is 0 Å². The van der Waals surface area contributed by atoms with Gasteiger partial charge < -0.3 is 0 Å². The van der Waals surface area contributed by atoms with E-state index in [4.69, 9.17) is 0 Å². The predicted octanol–water partition coefficient (Wildman–Crippen LogP) is 4.27. The highest BCUT2D eigenvalue weighted by Crippen LogP contribution is 2.47. The Morgan fingerprint density at radius 2 is 1.30 bits per heavy atom. The SMILES string of the molecule is O=C(Cc1ccccc1)NNC(=O)N1c2ccccc2Sc2ccccc21. The van der Waals surface area contributed by atoms with Crippen LogP contribution in [0, 0.1) is 0 Å². The summed E-state index contributed by atoms with van der Waals surface area (Å²) in [7, 11) is 0. The quantitative estimate of drug-likeness (QED) is 0.658. The van der Waals surface area contributed by atoms with Crippen molar-refractivity contribution in [3.8, 4) is 0 Å². The van der Waals surface area contributed by atoms with Crippen LogP contribution in [0.5, 0.6) is 0 Å². The van der Waals surface area contributed by atoms with E-state index >= 15 is 0 Å². The molecule has 0 saturated carbocycles. The fraction of sp³-hybridized carbons (Fsp3) is 0.0476. The Kier molecular flexibility index (Phi) is 4.80. The van der Waals surface area contributed by atoms with Gasteiger partial charge in [-0.25, -0.2) is 10.2 Å². The molecule has 0 aromatic heterocycles. The van der Waals surface area contributed by atoms with Gasteiger partial charge in [0.15, 0.2) is 0 Å². The number of anilines is 2. The molecule has 2 N–H and O–H groups in total. The topological polar surface area (TPSA) is 61.4 Å². The molecular weight excluding hydrogens is 358 g/mol. The summed E-state index contributed by atoms with van der Waals surface area (Å²) in [5.41, 5.74) is 7.49. The first-order valence-corrected chi connectivity index (χ1v) is 9.33. The van der Waals surface area contributed by atoms with Gasteiger partial charge in [-0.15, -0.1) is 0 Å². The summed E-state index contributed by atoms with van der Waals surface area (Å²) in [6, 6.07) is 24.4. The highest BCUT2D eigenvalue weighted by molar-refractivity contribution is 7.99. The number of fused-ring (bicyclic) bond motifs is 2. The molecule has 0 aliphatic carbocycles. The van der Waals surface area contributed by atoms with Crippen LogP contribution in [0.4, 0.5) is 16.2 Å². The summed E-state index contributed by atoms with van der Waals surface area (Å²) in [5, 5.41) is 0. The van der Waals surface area contributed by atoms with Crippen LogP contribution < -0.4 is 15.8 Å². The third kappa shape index (κ3) is 3.66. The van der Waals surface area contributed by atoms with E-state index in [1.807, 2.05) is 78.9 Å². The van der Waals surface area contributed by atoms with E-state index in [2.05, 4.69) is 10.9 Å². The van der Waals surface area contributed by atoms with Gasteiger partial charge in [-0.3, -0.25) is 15.1 Å². The summed E-state index contributed by atoms with van der Waals surface area (Å²) in [6.45, 7) is 0. The second-order valence-electron chi connectivity index (χ2n) is 6.01. The zero-order valence-electron chi connectivity index (χ0n) is 14.4. The molecule has 3 amide bonds. The molecule has 0 saturated heterocycles. The lowest BCUT2D eigenvalue weighted by Gasteiger charge is -2.30. The number of para-hydroxylation sites is 2. The summed E-state index contributed by atoms with van der Waals surface area (Å²) in [4.78, 5) is 28.6. The van der Waals surface area contributed by atoms with Crippen molar-refractivity contribution in [2.75, 3.05) is 4.90 Å². The summed E-state index contributed by atoms with van der Waals surface area (Å²) < 4.78 is 0. The molecule has 3 aromatic carbocycles. The fourth-order valence-corrected chi connectivity index (χ4v) is 3.99. The highest BCUT2D eigenvalue weighted by Gasteiger charge is 2.28. The number of hydrogen-bond donors (Lipinski definition) is 2. The lowest BCUT2D eigenvalue weighted by Crippen LogP contribution is -2.48. The van der Waals surface area contributed by atoms with Gasteiger partial charge in [-0.2, -0.15) is 0 Å². The average molecular weight is 375 g/mol. The second kappa shape index (κ2) is 7.55. The molecule has 0 spiro atoms. The number of nitrogens with one attached hydrogen (secondary N) is 2. The number of urea groups is 1. The largest absolute Gasteiger partial charge is 0.345 e. The lowest BCUT2D eigenvalue weighted by molar-refractivity contribution is -0.121. The average Bonchev–Trinajstić information content (AvgIpc) is 2.71. The first-order chi connectivity index (χ1) is 13.2. The van der Waals surface area contributed by atoms with Crippen molar-refractivity contribution in [1.29, 1.82) is 0 Å². The fourth-order valence-electron chi connectivity index (χ4n) is 2.93. The Hall–Kier alpha value is -3.25. The minimum atomic E-state index is -0.406. The minimum Gasteiger partial charge on any atom is -0.273 e. The Balaban J connectivity index is 1.51. The molecule has 4 rings (SSSR count). The van der Waals surface area contributed by atoms with E-state index in [9.17, 15) is 9.59 Å². The van der Waals surface area contributed by atoms with Crippen LogP contribution in [0.25, 0.3) is 0 Å². The zero-order chi connectivity index (χ0) is 18.6. The molecule has 0 fully saturated rings. The van der Waals surface area contributed by atoms with Crippen LogP contribution in [0.3, 0.4) is 0 Å². The lowest BCUT2D eigenvalue weighted by atomic mass is 10.1. The van der Waals surface area contributed by atoms with Crippen molar-refractivity contribution in [3.05, 3.63) is 84.4 Å². The molecule has 0 radical (unpaired) electrons. The number of benzene rings is 3. The third-order valence-electron chi connectivity index (χ3n) is 4.15. The first-order valence-electron chi connectivity index (χ1n) is 8.51. The van der Waals surface area contributed by atoms with Crippen molar-refractivity contribution in [2.45, 2.75) is 16.2 Å². The Morgan fingerprint density at radius 1 is 0.741 bits per heavy atom. The van der Waals surface area contributed by atoms with E-state index < -0.39 is 6.03 Å². The van der Waals surface area contributed by atoms with Crippen molar-refractivity contribution in [1.82, 2.24) is 10.9 Å². The standard InChI is InChI=1S/C21H17N3O2S/c25-20(14-15-8-2-1-3-9-15)22-23-21(26)24-16-10-4-6-12-18(16)27-19-13-7-5-11-17(19)24/h1-13H,14H2,(H,22,25)(H,23,26). The van der Waals surface area contributed by atoms with Gasteiger partial charge in [0.05, 0.1) is 17.8 Å². The van der Waals surface area contributed by atoms with Gasteiger partial charge in [0.1, 0.15) is 0 Å². The molecule has 134 valence electrons. The van der Waals surface area contributed by atoms with Crippen molar-refractivity contribution < 1.29 is 9.59 Å². The van der Waals surface area contributed by atoms with Gasteiger partial charge >= 0.3 is 6.03 Å². The molecule has 0 bridgehead atoms. The zero-order valence-corrected chi connectivity index (χ0v) is 15.2. The second-order valence-corrected chi connectivity index (χ2v) is 7.10. The third-order valence-corrected chi connectivity index (χ3v) is 5.28. The van der Waals surface area contributed by atoms with Gasteiger partial charge in [0.25, 0.3) is 0 Å². The van der Waals surface area contributed by atoms with Gasteiger partial charge in [-0.05, 0) is 29.8 Å². The Bertz CT molecular complexity index is 946. The number of hydrogen-bond acceptors (Lipinski definition) is 3. The van der Waals surface area contributed by atoms with Gasteiger partial charge in [0.2, 0.25) is 5.91 Å². The molecule has 1 aliphatic heterocycles. The van der Waals surface area contributed by atoms with E-state index in [-0.39, 0.29) is 12.3 Å². The number of nitrogens with zero attached hydrogens (tertiary/aromatic N) is 1. The molecule has 0 unspecified atom stereocenters. The van der Waals surface area contributed by atoms with Crippen molar-refractivity contribution in [2.24, 2.45) is 0 Å². The summed E-state index contributed by atoms with van der Waals surface area (Å²) in [6.07, 6.45) is 0.199. The normalized spacial score (nSPS) is 11.9. The van der Waals surface area contributed by atoms with Crippen LogP contribution in [0.15, 0.2) is 88.7 Å². The summed E-state index contributed by atoms with van der Waals surface area (Å²) >= 11 is 1.62. The molecule has 3 aromatic rings. The Morgan fingerprint density at radius 3 is 1.93 bits per heavy atom. The van der Waals surface area contributed by atoms with E-state index in [0.29, 0.717) is 0 Å². The highest BCUT2D eigenvalue weighted by atomic mass is 32.2. The van der Waals surface area contributed by atoms with Crippen LogP contribution >= 0.6 is 11.8 Å². The monoisotopic (exact) mass is 375 g/mol. The van der Waals surface area contributed by atoms with E-state index in [1.165, 1.54) is 0 Å². The van der Waals surface area contributed by atoms with E-state index in [0.717, 1.165) is 26.7 Å². The minimum absolute atomic E-state index is 0.199. The molecule has 5 nitrogen and oxygen atoms in total. The van der Waals surface area contributed by atoms with Crippen LogP contribution in [0.2, 0.25) is 0 Å². The van der Waals surface area contributed by atoms with Crippen molar-refractivity contribution >= 4 is 35.1 Å². The number of amides is 3. The molecule has 0 atom stereocenters. The molecule has 1 heterocycles.